The Morgan fingerprint density at radius 3 is 2.11 bits per heavy atom. The fourth-order valence-corrected chi connectivity index (χ4v) is 3.90. The Hall–Kier alpha value is -2.62. The van der Waals surface area contributed by atoms with Crippen LogP contribution < -0.4 is 5.32 Å². The van der Waals surface area contributed by atoms with E-state index in [0.717, 1.165) is 36.9 Å². The molecule has 1 N–H and O–H groups in total. The number of rotatable bonds is 6. The molecule has 4 heteroatoms. The van der Waals surface area contributed by atoms with Gasteiger partial charge in [-0.15, -0.1) is 0 Å². The summed E-state index contributed by atoms with van der Waals surface area (Å²) >= 11 is 0. The highest BCUT2D eigenvalue weighted by Crippen LogP contribution is 2.25. The van der Waals surface area contributed by atoms with Gasteiger partial charge >= 0.3 is 0 Å². The van der Waals surface area contributed by atoms with Crippen LogP contribution in [0.3, 0.4) is 0 Å². The lowest BCUT2D eigenvalue weighted by Gasteiger charge is -2.31. The zero-order valence-corrected chi connectivity index (χ0v) is 16.9. The molecule has 1 heterocycles. The van der Waals surface area contributed by atoms with Gasteiger partial charge in [-0.25, -0.2) is 0 Å². The first-order valence-electron chi connectivity index (χ1n) is 10.4. The van der Waals surface area contributed by atoms with Crippen molar-refractivity contribution in [1.29, 1.82) is 0 Å². The molecule has 1 aliphatic rings. The van der Waals surface area contributed by atoms with E-state index in [1.54, 1.807) is 0 Å². The van der Waals surface area contributed by atoms with Crippen molar-refractivity contribution in [2.75, 3.05) is 18.4 Å². The molecular formula is C24H30N2O2. The van der Waals surface area contributed by atoms with E-state index in [1.807, 2.05) is 35.2 Å². The largest absolute Gasteiger partial charge is 0.342 e. The number of carbonyl (C=O) groups excluding carboxylic acids is 2. The Labute approximate surface area is 167 Å². The van der Waals surface area contributed by atoms with Gasteiger partial charge in [-0.2, -0.15) is 0 Å². The molecule has 0 radical (unpaired) electrons. The summed E-state index contributed by atoms with van der Waals surface area (Å²) in [7, 11) is 0. The number of hydrogen-bond acceptors (Lipinski definition) is 2. The minimum atomic E-state index is -0.0320. The van der Waals surface area contributed by atoms with Crippen molar-refractivity contribution < 1.29 is 9.59 Å². The molecule has 0 aliphatic carbocycles. The molecule has 0 bridgehead atoms. The van der Waals surface area contributed by atoms with E-state index in [1.165, 1.54) is 11.1 Å². The van der Waals surface area contributed by atoms with Crippen LogP contribution in [0.15, 0.2) is 48.5 Å². The van der Waals surface area contributed by atoms with Crippen LogP contribution in [0, 0.1) is 5.92 Å². The third-order valence-corrected chi connectivity index (χ3v) is 5.66. The molecule has 1 saturated heterocycles. The minimum absolute atomic E-state index is 0.0320. The molecule has 1 fully saturated rings. The number of carbonyl (C=O) groups is 2. The summed E-state index contributed by atoms with van der Waals surface area (Å²) < 4.78 is 0. The molecule has 2 aromatic rings. The van der Waals surface area contributed by atoms with Gasteiger partial charge in [-0.3, -0.25) is 9.59 Å². The van der Waals surface area contributed by atoms with Crippen LogP contribution in [-0.4, -0.2) is 29.8 Å². The van der Waals surface area contributed by atoms with Gasteiger partial charge in [0.2, 0.25) is 11.8 Å². The van der Waals surface area contributed by atoms with Gasteiger partial charge in [0.15, 0.2) is 0 Å². The van der Waals surface area contributed by atoms with Crippen LogP contribution in [0.1, 0.15) is 43.4 Å². The second-order valence-electron chi connectivity index (χ2n) is 7.47. The van der Waals surface area contributed by atoms with Gasteiger partial charge < -0.3 is 10.2 Å². The number of hydrogen-bond donors (Lipinski definition) is 1. The van der Waals surface area contributed by atoms with E-state index in [0.29, 0.717) is 19.5 Å². The molecule has 148 valence electrons. The number of aryl methyl sites for hydroxylation is 2. The summed E-state index contributed by atoms with van der Waals surface area (Å²) in [5.41, 5.74) is 4.39. The average Bonchev–Trinajstić information content (AvgIpc) is 2.74. The number of benzene rings is 2. The summed E-state index contributed by atoms with van der Waals surface area (Å²) in [6.45, 7) is 5.53. The van der Waals surface area contributed by atoms with E-state index >= 15 is 0 Å². The molecule has 0 unspecified atom stereocenters. The first-order valence-corrected chi connectivity index (χ1v) is 10.4. The van der Waals surface area contributed by atoms with E-state index in [-0.39, 0.29) is 17.7 Å². The van der Waals surface area contributed by atoms with Crippen molar-refractivity contribution in [3.8, 4) is 0 Å². The standard InChI is InChI=1S/C24H30N2O2/c1-3-19-11-8-12-20(4-2)23(19)25-24(28)21-13-15-26(16-14-21)22(27)17-18-9-6-5-7-10-18/h5-12,21H,3-4,13-17H2,1-2H3,(H,25,28). The van der Waals surface area contributed by atoms with Crippen LogP contribution in [0.25, 0.3) is 0 Å². The molecule has 0 saturated carbocycles. The highest BCUT2D eigenvalue weighted by Gasteiger charge is 2.28. The zero-order chi connectivity index (χ0) is 19.9. The number of likely N-dealkylation sites (tertiary alicyclic amines) is 1. The number of anilines is 1. The molecule has 2 amide bonds. The van der Waals surface area contributed by atoms with Crippen molar-refractivity contribution in [2.45, 2.75) is 46.0 Å². The second kappa shape index (κ2) is 9.54. The fourth-order valence-electron chi connectivity index (χ4n) is 3.90. The van der Waals surface area contributed by atoms with E-state index in [2.05, 4.69) is 37.4 Å². The van der Waals surface area contributed by atoms with Crippen molar-refractivity contribution in [2.24, 2.45) is 5.92 Å². The third-order valence-electron chi connectivity index (χ3n) is 5.66. The predicted octanol–water partition coefficient (Wildman–Crippen LogP) is 4.23. The summed E-state index contributed by atoms with van der Waals surface area (Å²) in [5, 5.41) is 3.19. The Bertz CT molecular complexity index is 786. The molecule has 0 atom stereocenters. The first-order chi connectivity index (χ1) is 13.6. The highest BCUT2D eigenvalue weighted by atomic mass is 16.2. The zero-order valence-electron chi connectivity index (χ0n) is 16.9. The van der Waals surface area contributed by atoms with Crippen molar-refractivity contribution in [1.82, 2.24) is 4.90 Å². The van der Waals surface area contributed by atoms with Gasteiger partial charge in [-0.05, 0) is 42.4 Å². The maximum Gasteiger partial charge on any atom is 0.227 e. The SMILES string of the molecule is CCc1cccc(CC)c1NC(=O)C1CCN(C(=O)Cc2ccccc2)CC1. The lowest BCUT2D eigenvalue weighted by Crippen LogP contribution is -2.42. The van der Waals surface area contributed by atoms with E-state index < -0.39 is 0 Å². The minimum Gasteiger partial charge on any atom is -0.342 e. The lowest BCUT2D eigenvalue weighted by molar-refractivity contribution is -0.133. The van der Waals surface area contributed by atoms with Crippen LogP contribution >= 0.6 is 0 Å². The monoisotopic (exact) mass is 378 g/mol. The van der Waals surface area contributed by atoms with Crippen LogP contribution in [-0.2, 0) is 28.9 Å². The van der Waals surface area contributed by atoms with Crippen molar-refractivity contribution in [3.05, 3.63) is 65.2 Å². The molecule has 1 aliphatic heterocycles. The third kappa shape index (κ3) is 4.80. The van der Waals surface area contributed by atoms with Crippen LogP contribution in [0.5, 0.6) is 0 Å². The van der Waals surface area contributed by atoms with Gasteiger partial charge in [0.25, 0.3) is 0 Å². The number of nitrogens with one attached hydrogen (secondary N) is 1. The van der Waals surface area contributed by atoms with Crippen LogP contribution in [0.4, 0.5) is 5.69 Å². The second-order valence-corrected chi connectivity index (χ2v) is 7.47. The lowest BCUT2D eigenvalue weighted by atomic mass is 9.94. The summed E-state index contributed by atoms with van der Waals surface area (Å²) in [6, 6.07) is 16.1. The molecule has 4 nitrogen and oxygen atoms in total. The van der Waals surface area contributed by atoms with Crippen molar-refractivity contribution >= 4 is 17.5 Å². The average molecular weight is 379 g/mol. The Morgan fingerprint density at radius 2 is 1.54 bits per heavy atom. The Morgan fingerprint density at radius 1 is 0.929 bits per heavy atom. The Balaban J connectivity index is 1.56. The molecule has 2 aromatic carbocycles. The number of nitrogens with zero attached hydrogens (tertiary/aromatic N) is 1. The van der Waals surface area contributed by atoms with Gasteiger partial charge in [0, 0.05) is 24.7 Å². The van der Waals surface area contributed by atoms with E-state index in [9.17, 15) is 9.59 Å². The maximum absolute atomic E-state index is 12.9. The molecule has 3 rings (SSSR count). The number of para-hydroxylation sites is 1. The predicted molar refractivity (Wildman–Crippen MR) is 113 cm³/mol. The quantitative estimate of drug-likeness (QED) is 0.818. The first kappa shape index (κ1) is 20.1. The smallest absolute Gasteiger partial charge is 0.227 e. The normalized spacial score (nSPS) is 14.7. The van der Waals surface area contributed by atoms with Gasteiger partial charge in [0.05, 0.1) is 6.42 Å². The summed E-state index contributed by atoms with van der Waals surface area (Å²) in [4.78, 5) is 27.3. The number of amides is 2. The fraction of sp³-hybridized carbons (Fsp3) is 0.417. The van der Waals surface area contributed by atoms with E-state index in [4.69, 9.17) is 0 Å². The van der Waals surface area contributed by atoms with Crippen LogP contribution in [0.2, 0.25) is 0 Å². The van der Waals surface area contributed by atoms with Crippen molar-refractivity contribution in [3.63, 3.8) is 0 Å². The maximum atomic E-state index is 12.9. The summed E-state index contributed by atoms with van der Waals surface area (Å²) in [6.07, 6.45) is 3.68. The summed E-state index contributed by atoms with van der Waals surface area (Å²) in [5.74, 6) is 0.204. The molecule has 0 spiro atoms. The molecule has 0 aromatic heterocycles. The van der Waals surface area contributed by atoms with Gasteiger partial charge in [-0.1, -0.05) is 62.4 Å². The highest BCUT2D eigenvalue weighted by molar-refractivity contribution is 5.94. The molecular weight excluding hydrogens is 348 g/mol. The topological polar surface area (TPSA) is 49.4 Å². The molecule has 28 heavy (non-hydrogen) atoms. The number of piperidine rings is 1. The van der Waals surface area contributed by atoms with Gasteiger partial charge in [0.1, 0.15) is 0 Å². The Kier molecular flexibility index (Phi) is 6.85.